The Labute approximate surface area is 257 Å². The van der Waals surface area contributed by atoms with Crippen molar-refractivity contribution < 1.29 is 36.9 Å². The molecule has 0 radical (unpaired) electrons. The van der Waals surface area contributed by atoms with Gasteiger partial charge in [-0.25, -0.2) is 4.98 Å². The minimum atomic E-state index is -4.40. The predicted molar refractivity (Wildman–Crippen MR) is 159 cm³/mol. The molecule has 0 bridgehead atoms. The molecule has 3 aromatic rings. The summed E-state index contributed by atoms with van der Waals surface area (Å²) in [5, 5.41) is 0.645. The average Bonchev–Trinajstić information content (AvgIpc) is 3.60. The van der Waals surface area contributed by atoms with Crippen LogP contribution < -0.4 is 4.74 Å². The van der Waals surface area contributed by atoms with E-state index < -0.39 is 22.3 Å². The lowest BCUT2D eigenvalue weighted by Crippen LogP contribution is -2.44. The van der Waals surface area contributed by atoms with Crippen molar-refractivity contribution >= 4 is 29.1 Å². The number of halogens is 3. The molecule has 0 aliphatic carbocycles. The SMILES string of the molecule is CCOC(=O)C(C)(C)Sc1ccc(OCc2sc(-c3ccc(C(F)(F)F)cc3)nc2CN2CCC3(CC2)OCCO3)cc1. The van der Waals surface area contributed by atoms with Gasteiger partial charge in [-0.3, -0.25) is 9.69 Å². The molecule has 7 nitrogen and oxygen atoms in total. The largest absolute Gasteiger partial charge is 0.488 e. The molecule has 3 heterocycles. The molecule has 0 amide bonds. The van der Waals surface area contributed by atoms with Gasteiger partial charge in [0.25, 0.3) is 0 Å². The standard InChI is InChI=1S/C31H35F3N2O5S2/c1-4-38-28(37)29(2,3)43-24-11-9-23(10-12-24)39-20-26-25(19-36-15-13-30(14-16-36)40-17-18-41-30)35-27(42-26)21-5-7-22(8-6-21)31(32,33)34/h5-12H,4,13-20H2,1-3H3. The number of ether oxygens (including phenoxy) is 4. The number of benzene rings is 2. The van der Waals surface area contributed by atoms with Crippen LogP contribution in [-0.2, 0) is 38.3 Å². The van der Waals surface area contributed by atoms with E-state index in [1.807, 2.05) is 38.1 Å². The van der Waals surface area contributed by atoms with E-state index in [0.717, 1.165) is 53.5 Å². The number of alkyl halides is 3. The summed E-state index contributed by atoms with van der Waals surface area (Å²) in [7, 11) is 0. The van der Waals surface area contributed by atoms with Gasteiger partial charge in [0, 0.05) is 42.9 Å². The highest BCUT2D eigenvalue weighted by molar-refractivity contribution is 8.01. The molecule has 2 aliphatic heterocycles. The Morgan fingerprint density at radius 2 is 1.70 bits per heavy atom. The number of piperidine rings is 1. The fourth-order valence-electron chi connectivity index (χ4n) is 4.99. The molecular weight excluding hydrogens is 601 g/mol. The minimum absolute atomic E-state index is 0.262. The monoisotopic (exact) mass is 636 g/mol. The molecule has 2 fully saturated rings. The first-order valence-electron chi connectivity index (χ1n) is 14.2. The van der Waals surface area contributed by atoms with Crippen molar-refractivity contribution in [2.75, 3.05) is 32.9 Å². The number of rotatable bonds is 10. The summed E-state index contributed by atoms with van der Waals surface area (Å²) in [4.78, 5) is 21.2. The third-order valence-corrected chi connectivity index (χ3v) is 9.68. The van der Waals surface area contributed by atoms with Crippen LogP contribution in [0.3, 0.4) is 0 Å². The van der Waals surface area contributed by atoms with Crippen LogP contribution in [0.5, 0.6) is 5.75 Å². The first-order valence-corrected chi connectivity index (χ1v) is 15.9. The van der Waals surface area contributed by atoms with Crippen LogP contribution in [0.25, 0.3) is 10.6 Å². The summed E-state index contributed by atoms with van der Waals surface area (Å²) in [6, 6.07) is 12.6. The maximum atomic E-state index is 13.1. The molecule has 12 heteroatoms. The average molecular weight is 637 g/mol. The van der Waals surface area contributed by atoms with Crippen molar-refractivity contribution in [3.05, 3.63) is 64.7 Å². The van der Waals surface area contributed by atoms with Crippen molar-refractivity contribution in [2.45, 2.75) is 68.4 Å². The lowest BCUT2D eigenvalue weighted by Gasteiger charge is -2.37. The lowest BCUT2D eigenvalue weighted by molar-refractivity contribution is -0.185. The van der Waals surface area contributed by atoms with Gasteiger partial charge >= 0.3 is 12.1 Å². The number of hydrogen-bond acceptors (Lipinski definition) is 9. The predicted octanol–water partition coefficient (Wildman–Crippen LogP) is 7.18. The molecule has 5 rings (SSSR count). The minimum Gasteiger partial charge on any atom is -0.488 e. The topological polar surface area (TPSA) is 70.1 Å². The number of carbonyl (C=O) groups excluding carboxylic acids is 1. The van der Waals surface area contributed by atoms with Crippen LogP contribution >= 0.6 is 23.1 Å². The van der Waals surface area contributed by atoms with E-state index in [4.69, 9.17) is 23.9 Å². The summed E-state index contributed by atoms with van der Waals surface area (Å²) in [6.45, 7) is 9.43. The van der Waals surface area contributed by atoms with Gasteiger partial charge < -0.3 is 18.9 Å². The quantitative estimate of drug-likeness (QED) is 0.171. The second kappa shape index (κ2) is 13.2. The Balaban J connectivity index is 1.29. The lowest BCUT2D eigenvalue weighted by atomic mass is 10.0. The molecule has 0 saturated carbocycles. The van der Waals surface area contributed by atoms with Crippen LogP contribution in [0.4, 0.5) is 13.2 Å². The number of likely N-dealkylation sites (tertiary alicyclic amines) is 1. The van der Waals surface area contributed by atoms with Gasteiger partial charge in [-0.2, -0.15) is 13.2 Å². The molecule has 2 aliphatic rings. The van der Waals surface area contributed by atoms with Crippen LogP contribution in [-0.4, -0.2) is 59.3 Å². The Morgan fingerprint density at radius 1 is 1.05 bits per heavy atom. The van der Waals surface area contributed by atoms with E-state index >= 15 is 0 Å². The first-order chi connectivity index (χ1) is 20.5. The molecule has 43 heavy (non-hydrogen) atoms. The number of esters is 1. The maximum Gasteiger partial charge on any atom is 0.416 e. The highest BCUT2D eigenvalue weighted by Crippen LogP contribution is 2.37. The normalized spacial score (nSPS) is 17.3. The van der Waals surface area contributed by atoms with Crippen molar-refractivity contribution in [3.63, 3.8) is 0 Å². The van der Waals surface area contributed by atoms with Gasteiger partial charge in [0.15, 0.2) is 5.79 Å². The summed E-state index contributed by atoms with van der Waals surface area (Å²) in [5.41, 5.74) is 0.774. The third-order valence-electron chi connectivity index (χ3n) is 7.38. The summed E-state index contributed by atoms with van der Waals surface area (Å²) < 4.78 is 61.7. The van der Waals surface area contributed by atoms with Crippen molar-refractivity contribution in [2.24, 2.45) is 0 Å². The van der Waals surface area contributed by atoms with E-state index in [9.17, 15) is 18.0 Å². The van der Waals surface area contributed by atoms with E-state index in [2.05, 4.69) is 4.90 Å². The van der Waals surface area contributed by atoms with Gasteiger partial charge in [-0.15, -0.1) is 23.1 Å². The Morgan fingerprint density at radius 3 is 2.30 bits per heavy atom. The number of hydrogen-bond donors (Lipinski definition) is 0. The van der Waals surface area contributed by atoms with Crippen molar-refractivity contribution in [3.8, 4) is 16.3 Å². The Kier molecular flexibility index (Phi) is 9.72. The molecule has 1 spiro atoms. The van der Waals surface area contributed by atoms with Gasteiger partial charge in [-0.05, 0) is 57.2 Å². The number of aromatic nitrogens is 1. The molecule has 0 atom stereocenters. The number of thioether (sulfide) groups is 1. The van der Waals surface area contributed by atoms with Crippen molar-refractivity contribution in [1.29, 1.82) is 0 Å². The van der Waals surface area contributed by atoms with Crippen LogP contribution in [0.15, 0.2) is 53.4 Å². The maximum absolute atomic E-state index is 13.1. The number of nitrogens with zero attached hydrogens (tertiary/aromatic N) is 2. The third kappa shape index (κ3) is 7.91. The van der Waals surface area contributed by atoms with Crippen LogP contribution in [0.1, 0.15) is 49.7 Å². The molecule has 232 valence electrons. The summed E-state index contributed by atoms with van der Waals surface area (Å²) in [6.07, 6.45) is -2.86. The number of thiazole rings is 1. The van der Waals surface area contributed by atoms with Gasteiger partial charge in [0.05, 0.1) is 36.0 Å². The molecule has 2 saturated heterocycles. The van der Waals surface area contributed by atoms with Crippen molar-refractivity contribution in [1.82, 2.24) is 9.88 Å². The second-order valence-corrected chi connectivity index (χ2v) is 13.7. The zero-order valence-corrected chi connectivity index (χ0v) is 26.0. The smallest absolute Gasteiger partial charge is 0.416 e. The molecule has 0 N–H and O–H groups in total. The zero-order chi connectivity index (χ0) is 30.7. The van der Waals surface area contributed by atoms with E-state index in [1.54, 1.807) is 6.92 Å². The molecular formula is C31H35F3N2O5S2. The zero-order valence-electron chi connectivity index (χ0n) is 24.4. The van der Waals surface area contributed by atoms with E-state index in [0.29, 0.717) is 42.7 Å². The molecule has 2 aromatic carbocycles. The highest BCUT2D eigenvalue weighted by Gasteiger charge is 2.40. The number of carbonyl (C=O) groups is 1. The van der Waals surface area contributed by atoms with E-state index in [-0.39, 0.29) is 12.6 Å². The van der Waals surface area contributed by atoms with Gasteiger partial charge in [0.1, 0.15) is 22.1 Å². The highest BCUT2D eigenvalue weighted by atomic mass is 32.2. The molecule has 1 aromatic heterocycles. The van der Waals surface area contributed by atoms with E-state index in [1.165, 1.54) is 35.2 Å². The molecule has 0 unspecified atom stereocenters. The van der Waals surface area contributed by atoms with Gasteiger partial charge in [-0.1, -0.05) is 12.1 Å². The first kappa shape index (κ1) is 31.8. The second-order valence-electron chi connectivity index (χ2n) is 10.9. The Hall–Kier alpha value is -2.64. The summed E-state index contributed by atoms with van der Waals surface area (Å²) in [5.74, 6) is -0.0930. The fourth-order valence-corrected chi connectivity index (χ4v) is 6.98. The van der Waals surface area contributed by atoms with Crippen LogP contribution in [0.2, 0.25) is 0 Å². The van der Waals surface area contributed by atoms with Crippen LogP contribution in [0, 0.1) is 0 Å². The fraction of sp³-hybridized carbons (Fsp3) is 0.484. The summed E-state index contributed by atoms with van der Waals surface area (Å²) >= 11 is 2.84. The Bertz CT molecular complexity index is 1380. The van der Waals surface area contributed by atoms with Gasteiger partial charge in [0.2, 0.25) is 0 Å².